The minimum Gasteiger partial charge on any atom is -0.206 e. The molecule has 0 bridgehead atoms. The van der Waals surface area contributed by atoms with Gasteiger partial charge in [0, 0.05) is 13.1 Å². The van der Waals surface area contributed by atoms with Gasteiger partial charge in [0.25, 0.3) is 10.0 Å². The lowest BCUT2D eigenvalue weighted by molar-refractivity contribution is 0.399. The Bertz CT molecular complexity index is 652. The molecule has 19 heavy (non-hydrogen) atoms. The van der Waals surface area contributed by atoms with Crippen molar-refractivity contribution in [3.05, 3.63) is 51.8 Å². The van der Waals surface area contributed by atoms with Gasteiger partial charge in [-0.3, -0.25) is 0 Å². The first-order valence-corrected chi connectivity index (χ1v) is 8.76. The Labute approximate surface area is 126 Å². The smallest absolute Gasteiger partial charge is 0.206 e. The Morgan fingerprint density at radius 2 is 1.79 bits per heavy atom. The van der Waals surface area contributed by atoms with Crippen LogP contribution in [0, 0.1) is 0 Å². The third-order valence-corrected chi connectivity index (χ3v) is 7.03. The molecule has 6 heteroatoms. The summed E-state index contributed by atoms with van der Waals surface area (Å²) in [6.07, 6.45) is 0. The van der Waals surface area contributed by atoms with Crippen molar-refractivity contribution in [1.82, 2.24) is 4.31 Å². The zero-order valence-electron chi connectivity index (χ0n) is 10.6. The third kappa shape index (κ3) is 3.08. The second kappa shape index (κ2) is 5.75. The molecule has 3 nitrogen and oxygen atoms in total. The molecule has 0 fully saturated rings. The van der Waals surface area contributed by atoms with E-state index >= 15 is 0 Å². The van der Waals surface area contributed by atoms with E-state index < -0.39 is 10.0 Å². The fourth-order valence-corrected chi connectivity index (χ4v) is 5.27. The van der Waals surface area contributed by atoms with Crippen molar-refractivity contribution >= 4 is 37.3 Å². The van der Waals surface area contributed by atoms with E-state index in [4.69, 9.17) is 0 Å². The molecule has 1 aromatic heterocycles. The summed E-state index contributed by atoms with van der Waals surface area (Å²) in [7, 11) is -1.83. The van der Waals surface area contributed by atoms with Crippen LogP contribution in [0.2, 0.25) is 0 Å². The van der Waals surface area contributed by atoms with Crippen molar-refractivity contribution in [2.45, 2.75) is 17.2 Å². The maximum atomic E-state index is 12.5. The Morgan fingerprint density at radius 1 is 1.16 bits per heavy atom. The number of hydrogen-bond donors (Lipinski definition) is 0. The largest absolute Gasteiger partial charge is 0.252 e. The van der Waals surface area contributed by atoms with Crippen molar-refractivity contribution in [3.63, 3.8) is 0 Å². The van der Waals surface area contributed by atoms with Crippen LogP contribution in [-0.4, -0.2) is 19.8 Å². The van der Waals surface area contributed by atoms with Gasteiger partial charge in [-0.15, -0.1) is 11.3 Å². The van der Waals surface area contributed by atoms with Gasteiger partial charge < -0.3 is 0 Å². The van der Waals surface area contributed by atoms with Crippen LogP contribution in [0.3, 0.4) is 0 Å². The van der Waals surface area contributed by atoms with Gasteiger partial charge in [0.2, 0.25) is 0 Å². The number of sulfonamides is 1. The highest BCUT2D eigenvalue weighted by molar-refractivity contribution is 9.11. The van der Waals surface area contributed by atoms with Gasteiger partial charge in [-0.1, -0.05) is 30.3 Å². The van der Waals surface area contributed by atoms with Crippen molar-refractivity contribution in [3.8, 4) is 0 Å². The molecule has 102 valence electrons. The summed E-state index contributed by atoms with van der Waals surface area (Å²) in [5, 5.41) is 0. The zero-order valence-corrected chi connectivity index (χ0v) is 13.8. The van der Waals surface area contributed by atoms with Crippen LogP contribution in [0.1, 0.15) is 18.5 Å². The van der Waals surface area contributed by atoms with E-state index in [1.165, 1.54) is 15.6 Å². The summed E-state index contributed by atoms with van der Waals surface area (Å²) in [4.78, 5) is 0. The summed E-state index contributed by atoms with van der Waals surface area (Å²) in [6.45, 7) is 1.88. The molecular weight excluding hydrogens is 346 g/mol. The molecule has 1 aromatic carbocycles. The predicted octanol–water partition coefficient (Wildman–Crippen LogP) is 3.89. The number of hydrogen-bond acceptors (Lipinski definition) is 3. The van der Waals surface area contributed by atoms with E-state index in [1.54, 1.807) is 19.2 Å². The summed E-state index contributed by atoms with van der Waals surface area (Å²) in [5.74, 6) is 0. The van der Waals surface area contributed by atoms with Gasteiger partial charge in [0.15, 0.2) is 0 Å². The third-order valence-electron chi connectivity index (χ3n) is 3.01. The summed E-state index contributed by atoms with van der Waals surface area (Å²) in [6, 6.07) is 12.8. The van der Waals surface area contributed by atoms with E-state index in [2.05, 4.69) is 15.9 Å². The number of thiophene rings is 1. The topological polar surface area (TPSA) is 37.4 Å². The highest BCUT2D eigenvalue weighted by Gasteiger charge is 2.27. The van der Waals surface area contributed by atoms with Crippen molar-refractivity contribution < 1.29 is 8.42 Å². The van der Waals surface area contributed by atoms with Crippen LogP contribution in [0.15, 0.2) is 50.5 Å². The van der Waals surface area contributed by atoms with Crippen molar-refractivity contribution in [2.24, 2.45) is 0 Å². The fraction of sp³-hybridized carbons (Fsp3) is 0.231. The van der Waals surface area contributed by atoms with Crippen LogP contribution in [0.25, 0.3) is 0 Å². The molecule has 0 aliphatic carbocycles. The fourth-order valence-electron chi connectivity index (χ4n) is 1.73. The molecular formula is C13H14BrNO2S2. The van der Waals surface area contributed by atoms with E-state index in [0.717, 1.165) is 9.35 Å². The molecule has 1 heterocycles. The molecule has 0 aliphatic heterocycles. The van der Waals surface area contributed by atoms with Gasteiger partial charge in [-0.25, -0.2) is 8.42 Å². The lowest BCUT2D eigenvalue weighted by atomic mass is 10.1. The predicted molar refractivity (Wildman–Crippen MR) is 81.8 cm³/mol. The summed E-state index contributed by atoms with van der Waals surface area (Å²) in [5.41, 5.74) is 0.976. The SMILES string of the molecule is CC(c1ccccc1)N(C)S(=O)(=O)c1ccc(Br)s1. The number of halogens is 1. The van der Waals surface area contributed by atoms with Gasteiger partial charge in [0.05, 0.1) is 3.79 Å². The van der Waals surface area contributed by atoms with E-state index in [-0.39, 0.29) is 6.04 Å². The van der Waals surface area contributed by atoms with E-state index in [0.29, 0.717) is 4.21 Å². The molecule has 0 saturated carbocycles. The van der Waals surface area contributed by atoms with E-state index in [9.17, 15) is 8.42 Å². The van der Waals surface area contributed by atoms with Crippen LogP contribution in [0.5, 0.6) is 0 Å². The van der Waals surface area contributed by atoms with Crippen molar-refractivity contribution in [2.75, 3.05) is 7.05 Å². The first-order valence-electron chi connectivity index (χ1n) is 5.71. The highest BCUT2D eigenvalue weighted by Crippen LogP contribution is 2.31. The molecule has 0 aliphatic rings. The molecule has 1 atom stereocenters. The Hall–Kier alpha value is -0.690. The standard InChI is InChI=1S/C13H14BrNO2S2/c1-10(11-6-4-3-5-7-11)15(2)19(16,17)13-9-8-12(14)18-13/h3-10H,1-2H3. The van der Waals surface area contributed by atoms with Gasteiger partial charge in [-0.05, 0) is 40.5 Å². The summed E-state index contributed by atoms with van der Waals surface area (Å²) < 4.78 is 27.5. The molecule has 0 spiro atoms. The monoisotopic (exact) mass is 359 g/mol. The van der Waals surface area contributed by atoms with E-state index in [1.807, 2.05) is 37.3 Å². The zero-order chi connectivity index (χ0) is 14.0. The average Bonchev–Trinajstić information content (AvgIpc) is 2.85. The minimum absolute atomic E-state index is 0.202. The number of benzene rings is 1. The summed E-state index contributed by atoms with van der Waals surface area (Å²) >= 11 is 4.51. The molecule has 0 N–H and O–H groups in total. The molecule has 1 unspecified atom stereocenters. The van der Waals surface area contributed by atoms with Crippen LogP contribution >= 0.6 is 27.3 Å². The van der Waals surface area contributed by atoms with Gasteiger partial charge in [0.1, 0.15) is 4.21 Å². The van der Waals surface area contributed by atoms with Crippen LogP contribution < -0.4 is 0 Å². The molecule has 0 radical (unpaired) electrons. The Kier molecular flexibility index (Phi) is 4.45. The number of rotatable bonds is 4. The minimum atomic E-state index is -3.44. The van der Waals surface area contributed by atoms with Gasteiger partial charge >= 0.3 is 0 Å². The molecule has 2 aromatic rings. The highest BCUT2D eigenvalue weighted by atomic mass is 79.9. The van der Waals surface area contributed by atoms with Crippen molar-refractivity contribution in [1.29, 1.82) is 0 Å². The Morgan fingerprint density at radius 3 is 2.32 bits per heavy atom. The van der Waals surface area contributed by atoms with Crippen LogP contribution in [-0.2, 0) is 10.0 Å². The van der Waals surface area contributed by atoms with Crippen LogP contribution in [0.4, 0.5) is 0 Å². The lowest BCUT2D eigenvalue weighted by Crippen LogP contribution is -2.29. The molecule has 0 saturated heterocycles. The maximum absolute atomic E-state index is 12.5. The molecule has 2 rings (SSSR count). The number of nitrogens with zero attached hydrogens (tertiary/aromatic N) is 1. The molecule has 0 amide bonds. The Balaban J connectivity index is 2.31. The second-order valence-electron chi connectivity index (χ2n) is 4.17. The first-order chi connectivity index (χ1) is 8.93. The quantitative estimate of drug-likeness (QED) is 0.830. The normalized spacial score (nSPS) is 13.7. The van der Waals surface area contributed by atoms with Gasteiger partial charge in [-0.2, -0.15) is 4.31 Å². The maximum Gasteiger partial charge on any atom is 0.252 e. The average molecular weight is 360 g/mol. The lowest BCUT2D eigenvalue weighted by Gasteiger charge is -2.23. The first kappa shape index (κ1) is 14.7. The second-order valence-corrected chi connectivity index (χ2v) is 8.85.